The number of rotatable bonds is 2. The molecule has 1 aromatic carbocycles. The van der Waals surface area contributed by atoms with Crippen LogP contribution in [0.4, 0.5) is 14.5 Å². The van der Waals surface area contributed by atoms with Crippen molar-refractivity contribution in [2.45, 2.75) is 37.5 Å². The lowest BCUT2D eigenvalue weighted by Gasteiger charge is -2.22. The lowest BCUT2D eigenvalue weighted by molar-refractivity contribution is -0.286. The molecular formula is C13H15ClF2N2O3. The molecule has 1 aromatic rings. The van der Waals surface area contributed by atoms with Gasteiger partial charge in [-0.25, -0.2) is 0 Å². The summed E-state index contributed by atoms with van der Waals surface area (Å²) in [5.41, 5.74) is 5.50. The number of amides is 1. The summed E-state index contributed by atoms with van der Waals surface area (Å²) in [6.07, 6.45) is -0.580. The maximum absolute atomic E-state index is 12.9. The van der Waals surface area contributed by atoms with Crippen LogP contribution in [0.15, 0.2) is 18.2 Å². The highest BCUT2D eigenvalue weighted by molar-refractivity contribution is 5.98. The molecule has 1 aliphatic carbocycles. The normalized spacial score (nSPS) is 20.7. The smallest absolute Gasteiger partial charge is 0.395 e. The van der Waals surface area contributed by atoms with Crippen molar-refractivity contribution in [3.8, 4) is 11.5 Å². The molecule has 5 nitrogen and oxygen atoms in total. The fourth-order valence-corrected chi connectivity index (χ4v) is 2.52. The summed E-state index contributed by atoms with van der Waals surface area (Å²) in [6, 6.07) is 4.09. The van der Waals surface area contributed by atoms with Gasteiger partial charge in [-0.3, -0.25) is 4.79 Å². The predicted molar refractivity (Wildman–Crippen MR) is 73.9 cm³/mol. The number of benzene rings is 1. The van der Waals surface area contributed by atoms with Crippen LogP contribution in [0.3, 0.4) is 0 Å². The quantitative estimate of drug-likeness (QED) is 0.878. The van der Waals surface area contributed by atoms with Crippen LogP contribution in [0.25, 0.3) is 0 Å². The Labute approximate surface area is 126 Å². The van der Waals surface area contributed by atoms with Gasteiger partial charge in [-0.1, -0.05) is 12.8 Å². The topological polar surface area (TPSA) is 73.6 Å². The van der Waals surface area contributed by atoms with Crippen molar-refractivity contribution in [2.24, 2.45) is 5.73 Å². The first-order valence-corrected chi connectivity index (χ1v) is 6.38. The lowest BCUT2D eigenvalue weighted by atomic mass is 9.98. The van der Waals surface area contributed by atoms with Gasteiger partial charge in [0.05, 0.1) is 5.54 Å². The number of nitrogens with one attached hydrogen (secondary N) is 1. The Hall–Kier alpha value is -1.60. The van der Waals surface area contributed by atoms with E-state index in [1.54, 1.807) is 0 Å². The Morgan fingerprint density at radius 2 is 1.81 bits per heavy atom. The molecule has 0 bridgehead atoms. The van der Waals surface area contributed by atoms with E-state index in [0.717, 1.165) is 12.8 Å². The maximum Gasteiger partial charge on any atom is 0.586 e. The minimum absolute atomic E-state index is 0. The Morgan fingerprint density at radius 3 is 2.48 bits per heavy atom. The molecule has 0 saturated heterocycles. The van der Waals surface area contributed by atoms with Crippen molar-refractivity contribution in [1.82, 2.24) is 0 Å². The van der Waals surface area contributed by atoms with Gasteiger partial charge in [-0.15, -0.1) is 21.2 Å². The Morgan fingerprint density at radius 1 is 1.19 bits per heavy atom. The van der Waals surface area contributed by atoms with Crippen LogP contribution in [0.1, 0.15) is 25.7 Å². The zero-order chi connectivity index (χ0) is 14.4. The number of fused-ring (bicyclic) bond motifs is 1. The highest BCUT2D eigenvalue weighted by Crippen LogP contribution is 2.42. The monoisotopic (exact) mass is 320 g/mol. The number of alkyl halides is 2. The van der Waals surface area contributed by atoms with E-state index >= 15 is 0 Å². The molecule has 3 N–H and O–H groups in total. The van der Waals surface area contributed by atoms with E-state index in [2.05, 4.69) is 14.8 Å². The largest absolute Gasteiger partial charge is 0.586 e. The van der Waals surface area contributed by atoms with Gasteiger partial charge in [-0.05, 0) is 25.0 Å². The van der Waals surface area contributed by atoms with E-state index in [9.17, 15) is 13.6 Å². The molecule has 1 aliphatic heterocycles. The first-order valence-electron chi connectivity index (χ1n) is 6.38. The highest BCUT2D eigenvalue weighted by Gasteiger charge is 2.43. The third kappa shape index (κ3) is 3.03. The van der Waals surface area contributed by atoms with E-state index in [-0.39, 0.29) is 29.8 Å². The van der Waals surface area contributed by atoms with Crippen LogP contribution < -0.4 is 20.5 Å². The summed E-state index contributed by atoms with van der Waals surface area (Å²) in [6.45, 7) is 0. The fourth-order valence-electron chi connectivity index (χ4n) is 2.52. The minimum atomic E-state index is -3.66. The summed E-state index contributed by atoms with van der Waals surface area (Å²) >= 11 is 0. The van der Waals surface area contributed by atoms with Gasteiger partial charge in [0.2, 0.25) is 5.91 Å². The first-order chi connectivity index (χ1) is 9.38. The van der Waals surface area contributed by atoms with Crippen molar-refractivity contribution in [3.05, 3.63) is 18.2 Å². The van der Waals surface area contributed by atoms with Crippen LogP contribution in [0.5, 0.6) is 11.5 Å². The highest BCUT2D eigenvalue weighted by atomic mass is 35.5. The molecule has 1 fully saturated rings. The van der Waals surface area contributed by atoms with Gasteiger partial charge in [-0.2, -0.15) is 0 Å². The van der Waals surface area contributed by atoms with Gasteiger partial charge in [0, 0.05) is 11.8 Å². The minimum Gasteiger partial charge on any atom is -0.395 e. The average molecular weight is 321 g/mol. The average Bonchev–Trinajstić information content (AvgIpc) is 2.91. The molecule has 0 unspecified atom stereocenters. The second-order valence-corrected chi connectivity index (χ2v) is 5.15. The molecule has 1 amide bonds. The molecule has 116 valence electrons. The molecular weight excluding hydrogens is 306 g/mol. The molecule has 1 saturated carbocycles. The van der Waals surface area contributed by atoms with Crippen molar-refractivity contribution in [3.63, 3.8) is 0 Å². The van der Waals surface area contributed by atoms with Gasteiger partial charge in [0.25, 0.3) is 0 Å². The number of anilines is 1. The maximum atomic E-state index is 12.9. The van der Waals surface area contributed by atoms with Crippen LogP contribution >= 0.6 is 12.4 Å². The molecule has 2 aliphatic rings. The molecule has 21 heavy (non-hydrogen) atoms. The number of halogens is 3. The fraction of sp³-hybridized carbons (Fsp3) is 0.462. The van der Waals surface area contributed by atoms with Gasteiger partial charge in [0.1, 0.15) is 0 Å². The van der Waals surface area contributed by atoms with Crippen LogP contribution in [-0.4, -0.2) is 17.7 Å². The molecule has 0 atom stereocenters. The second-order valence-electron chi connectivity index (χ2n) is 5.15. The zero-order valence-corrected chi connectivity index (χ0v) is 11.8. The van der Waals surface area contributed by atoms with E-state index in [1.807, 2.05) is 0 Å². The molecule has 1 heterocycles. The van der Waals surface area contributed by atoms with Gasteiger partial charge < -0.3 is 20.5 Å². The predicted octanol–water partition coefficient (Wildman–Crippen LogP) is 2.64. The molecule has 0 spiro atoms. The van der Waals surface area contributed by atoms with Crippen molar-refractivity contribution < 1.29 is 23.0 Å². The number of carbonyl (C=O) groups is 1. The van der Waals surface area contributed by atoms with Crippen LogP contribution in [-0.2, 0) is 4.79 Å². The molecule has 0 aromatic heterocycles. The zero-order valence-electron chi connectivity index (χ0n) is 11.0. The van der Waals surface area contributed by atoms with Crippen LogP contribution in [0, 0.1) is 0 Å². The van der Waals surface area contributed by atoms with Crippen molar-refractivity contribution >= 4 is 24.0 Å². The Kier molecular flexibility index (Phi) is 3.99. The van der Waals surface area contributed by atoms with E-state index in [4.69, 9.17) is 5.73 Å². The SMILES string of the molecule is Cl.NC1(C(=O)Nc2ccc3c(c2)OC(F)(F)O3)CCCC1. The van der Waals surface area contributed by atoms with Crippen molar-refractivity contribution in [2.75, 3.05) is 5.32 Å². The second kappa shape index (κ2) is 5.31. The van der Waals surface area contributed by atoms with E-state index in [0.29, 0.717) is 18.5 Å². The number of hydrogen-bond donors (Lipinski definition) is 2. The summed E-state index contributed by atoms with van der Waals surface area (Å²) in [5.74, 6) is -0.470. The van der Waals surface area contributed by atoms with Crippen LogP contribution in [0.2, 0.25) is 0 Å². The van der Waals surface area contributed by atoms with E-state index < -0.39 is 11.8 Å². The first kappa shape index (κ1) is 15.8. The molecule has 3 rings (SSSR count). The lowest BCUT2D eigenvalue weighted by Crippen LogP contribution is -2.48. The number of ether oxygens (including phenoxy) is 2. The Bertz CT molecular complexity index is 562. The van der Waals surface area contributed by atoms with Gasteiger partial charge >= 0.3 is 6.29 Å². The number of carbonyl (C=O) groups excluding carboxylic acids is 1. The third-order valence-electron chi connectivity index (χ3n) is 3.61. The van der Waals surface area contributed by atoms with Gasteiger partial charge in [0.15, 0.2) is 11.5 Å². The number of hydrogen-bond acceptors (Lipinski definition) is 4. The number of nitrogens with two attached hydrogens (primary N) is 1. The third-order valence-corrected chi connectivity index (χ3v) is 3.61. The molecule has 8 heteroatoms. The summed E-state index contributed by atoms with van der Waals surface area (Å²) in [5, 5.41) is 2.64. The molecule has 0 radical (unpaired) electrons. The van der Waals surface area contributed by atoms with Crippen molar-refractivity contribution in [1.29, 1.82) is 0 Å². The van der Waals surface area contributed by atoms with E-state index in [1.165, 1.54) is 18.2 Å². The standard InChI is InChI=1S/C13H14F2N2O3.ClH/c14-13(15)19-9-4-3-8(7-10(9)20-13)17-11(18)12(16)5-1-2-6-12;/h3-4,7H,1-2,5-6,16H2,(H,17,18);1H. The summed E-state index contributed by atoms with van der Waals surface area (Å²) in [7, 11) is 0. The Balaban J connectivity index is 0.00000161. The summed E-state index contributed by atoms with van der Waals surface area (Å²) < 4.78 is 34.4. The summed E-state index contributed by atoms with van der Waals surface area (Å²) in [4.78, 5) is 12.1.